The SMILES string of the molecule is CCc1nc(N2CC3CC(C2)N3)c2ccc(-c3cc(O)cc4ccccc34)c(F)c2n1. The second-order valence-corrected chi connectivity index (χ2v) is 8.56. The number of aromatic nitrogens is 2. The van der Waals surface area contributed by atoms with E-state index in [1.807, 2.05) is 37.3 Å². The van der Waals surface area contributed by atoms with E-state index in [0.717, 1.165) is 35.1 Å². The highest BCUT2D eigenvalue weighted by atomic mass is 19.1. The maximum Gasteiger partial charge on any atom is 0.157 e. The third-order valence-corrected chi connectivity index (χ3v) is 6.51. The third-order valence-electron chi connectivity index (χ3n) is 6.51. The summed E-state index contributed by atoms with van der Waals surface area (Å²) in [6, 6.07) is 15.7. The van der Waals surface area contributed by atoms with Crippen LogP contribution in [0.4, 0.5) is 10.2 Å². The van der Waals surface area contributed by atoms with Crippen molar-refractivity contribution in [1.82, 2.24) is 15.3 Å². The molecule has 2 bridgehead atoms. The summed E-state index contributed by atoms with van der Waals surface area (Å²) >= 11 is 0. The highest BCUT2D eigenvalue weighted by Gasteiger charge is 2.37. The number of phenols is 1. The smallest absolute Gasteiger partial charge is 0.157 e. The molecule has 1 aromatic heterocycles. The lowest BCUT2D eigenvalue weighted by atomic mass is 9.91. The zero-order valence-corrected chi connectivity index (χ0v) is 17.3. The van der Waals surface area contributed by atoms with Gasteiger partial charge in [-0.15, -0.1) is 0 Å². The van der Waals surface area contributed by atoms with E-state index in [1.54, 1.807) is 18.2 Å². The van der Waals surface area contributed by atoms with Gasteiger partial charge >= 0.3 is 0 Å². The highest BCUT2D eigenvalue weighted by molar-refractivity contribution is 6.01. The summed E-state index contributed by atoms with van der Waals surface area (Å²) in [6.07, 6.45) is 1.84. The average Bonchev–Trinajstić information content (AvgIpc) is 2.78. The normalized spacial score (nSPS) is 20.3. The summed E-state index contributed by atoms with van der Waals surface area (Å²) in [6.45, 7) is 3.75. The number of halogens is 1. The van der Waals surface area contributed by atoms with E-state index in [-0.39, 0.29) is 11.6 Å². The number of nitrogens with one attached hydrogen (secondary N) is 1. The fourth-order valence-corrected chi connectivity index (χ4v) is 5.00. The van der Waals surface area contributed by atoms with E-state index < -0.39 is 0 Å². The lowest BCUT2D eigenvalue weighted by Gasteiger charge is -2.49. The van der Waals surface area contributed by atoms with E-state index >= 15 is 4.39 Å². The van der Waals surface area contributed by atoms with Gasteiger partial charge in [0, 0.05) is 42.5 Å². The van der Waals surface area contributed by atoms with Crippen molar-refractivity contribution < 1.29 is 9.50 Å². The van der Waals surface area contributed by atoms with Crippen LogP contribution >= 0.6 is 0 Å². The molecule has 156 valence electrons. The van der Waals surface area contributed by atoms with Crippen molar-refractivity contribution in [3.63, 3.8) is 0 Å². The number of aromatic hydroxyl groups is 1. The number of piperazine rings is 1. The lowest BCUT2D eigenvalue weighted by Crippen LogP contribution is -2.67. The first-order valence-electron chi connectivity index (χ1n) is 10.8. The van der Waals surface area contributed by atoms with Crippen LogP contribution in [0.15, 0.2) is 48.5 Å². The zero-order chi connectivity index (χ0) is 21.1. The molecule has 3 aliphatic rings. The van der Waals surface area contributed by atoms with Crippen LogP contribution in [0.1, 0.15) is 19.2 Å². The molecule has 2 N–H and O–H groups in total. The van der Waals surface area contributed by atoms with Crippen LogP contribution in [-0.2, 0) is 6.42 Å². The molecule has 3 aromatic carbocycles. The van der Waals surface area contributed by atoms with E-state index in [9.17, 15) is 5.11 Å². The first-order chi connectivity index (χ1) is 15.1. The zero-order valence-electron chi connectivity index (χ0n) is 17.3. The van der Waals surface area contributed by atoms with Crippen molar-refractivity contribution in [2.75, 3.05) is 18.0 Å². The molecule has 3 aliphatic heterocycles. The van der Waals surface area contributed by atoms with Gasteiger partial charge in [-0.3, -0.25) is 0 Å². The Balaban J connectivity index is 1.57. The van der Waals surface area contributed by atoms with Gasteiger partial charge in [0.05, 0.1) is 0 Å². The molecule has 7 rings (SSSR count). The molecule has 3 saturated heterocycles. The van der Waals surface area contributed by atoms with E-state index in [0.29, 0.717) is 41.0 Å². The number of aryl methyl sites for hydroxylation is 1. The molecule has 3 fully saturated rings. The van der Waals surface area contributed by atoms with Crippen LogP contribution in [0.25, 0.3) is 32.8 Å². The van der Waals surface area contributed by atoms with Crippen molar-refractivity contribution in [2.24, 2.45) is 0 Å². The Morgan fingerprint density at radius 3 is 2.58 bits per heavy atom. The summed E-state index contributed by atoms with van der Waals surface area (Å²) in [5.74, 6) is 1.22. The standard InChI is InChI=1S/C25H23FN4O/c1-2-22-28-24-20(25(29-22)30-12-15-10-16(13-30)27-15)8-7-19(23(24)26)21-11-17(31)9-14-5-3-4-6-18(14)21/h3-9,11,15-16,27,31H,2,10,12-13H2,1H3. The molecule has 2 atom stereocenters. The predicted molar refractivity (Wildman–Crippen MR) is 121 cm³/mol. The summed E-state index contributed by atoms with van der Waals surface area (Å²) in [4.78, 5) is 11.6. The topological polar surface area (TPSA) is 61.3 Å². The molecule has 4 heterocycles. The van der Waals surface area contributed by atoms with Crippen LogP contribution in [0.2, 0.25) is 0 Å². The number of hydrogen-bond donors (Lipinski definition) is 2. The number of anilines is 1. The minimum atomic E-state index is -0.369. The molecule has 2 unspecified atom stereocenters. The van der Waals surface area contributed by atoms with Gasteiger partial charge in [-0.05, 0) is 41.0 Å². The fourth-order valence-electron chi connectivity index (χ4n) is 5.00. The van der Waals surface area contributed by atoms with E-state index in [1.165, 1.54) is 6.42 Å². The Bertz CT molecular complexity index is 1320. The Morgan fingerprint density at radius 2 is 1.81 bits per heavy atom. The number of fused-ring (bicyclic) bond motifs is 4. The van der Waals surface area contributed by atoms with Crippen molar-refractivity contribution in [3.05, 3.63) is 60.2 Å². The molecule has 0 radical (unpaired) electrons. The molecule has 0 aliphatic carbocycles. The fraction of sp³-hybridized carbons (Fsp3) is 0.280. The van der Waals surface area contributed by atoms with Gasteiger partial charge in [-0.2, -0.15) is 0 Å². The van der Waals surface area contributed by atoms with Crippen molar-refractivity contribution in [3.8, 4) is 16.9 Å². The number of hydrogen-bond acceptors (Lipinski definition) is 5. The molecule has 0 saturated carbocycles. The molecule has 0 amide bonds. The van der Waals surface area contributed by atoms with Crippen LogP contribution in [-0.4, -0.2) is 40.2 Å². The van der Waals surface area contributed by atoms with E-state index in [2.05, 4.69) is 15.2 Å². The number of phenolic OH excluding ortho intramolecular Hbond substituents is 1. The minimum absolute atomic E-state index is 0.117. The maximum atomic E-state index is 16.0. The largest absolute Gasteiger partial charge is 0.508 e. The van der Waals surface area contributed by atoms with Crippen molar-refractivity contribution in [1.29, 1.82) is 0 Å². The van der Waals surface area contributed by atoms with Gasteiger partial charge in [-0.1, -0.05) is 37.3 Å². The lowest BCUT2D eigenvalue weighted by molar-refractivity contribution is 0.225. The summed E-state index contributed by atoms with van der Waals surface area (Å²) < 4.78 is 16.0. The number of piperidine rings is 1. The maximum absolute atomic E-state index is 16.0. The van der Waals surface area contributed by atoms with Crippen molar-refractivity contribution >= 4 is 27.5 Å². The molecule has 31 heavy (non-hydrogen) atoms. The first kappa shape index (κ1) is 18.5. The summed E-state index contributed by atoms with van der Waals surface area (Å²) in [7, 11) is 0. The molecular weight excluding hydrogens is 391 g/mol. The van der Waals surface area contributed by atoms with Gasteiger partial charge in [0.2, 0.25) is 0 Å². The van der Waals surface area contributed by atoms with Crippen molar-refractivity contribution in [2.45, 2.75) is 31.8 Å². The molecule has 5 nitrogen and oxygen atoms in total. The van der Waals surface area contributed by atoms with Gasteiger partial charge in [0.1, 0.15) is 22.9 Å². The first-order valence-corrected chi connectivity index (χ1v) is 10.8. The Morgan fingerprint density at radius 1 is 1.03 bits per heavy atom. The summed E-state index contributed by atoms with van der Waals surface area (Å²) in [5.41, 5.74) is 1.45. The third kappa shape index (κ3) is 2.93. The molecule has 4 aromatic rings. The predicted octanol–water partition coefficient (Wildman–Crippen LogP) is 4.41. The minimum Gasteiger partial charge on any atom is -0.508 e. The number of rotatable bonds is 3. The monoisotopic (exact) mass is 414 g/mol. The molecular formula is C25H23FN4O. The van der Waals surface area contributed by atoms with Crippen LogP contribution in [0.3, 0.4) is 0 Å². The molecule has 0 spiro atoms. The van der Waals surface area contributed by atoms with Crippen LogP contribution < -0.4 is 10.2 Å². The van der Waals surface area contributed by atoms with Gasteiger partial charge in [0.25, 0.3) is 0 Å². The second-order valence-electron chi connectivity index (χ2n) is 8.56. The highest BCUT2D eigenvalue weighted by Crippen LogP contribution is 2.38. The summed E-state index contributed by atoms with van der Waals surface area (Å²) in [5, 5.41) is 16.3. The molecule has 6 heteroatoms. The van der Waals surface area contributed by atoms with Gasteiger partial charge < -0.3 is 15.3 Å². The quantitative estimate of drug-likeness (QED) is 0.520. The van der Waals surface area contributed by atoms with Crippen LogP contribution in [0, 0.1) is 5.82 Å². The van der Waals surface area contributed by atoms with Crippen LogP contribution in [0.5, 0.6) is 5.75 Å². The number of nitrogens with zero attached hydrogens (tertiary/aromatic N) is 3. The Kier molecular flexibility index (Phi) is 4.11. The van der Waals surface area contributed by atoms with Gasteiger partial charge in [-0.25, -0.2) is 14.4 Å². The number of benzene rings is 3. The Labute approximate surface area is 179 Å². The van der Waals surface area contributed by atoms with E-state index in [4.69, 9.17) is 4.98 Å². The second kappa shape index (κ2) is 6.89. The van der Waals surface area contributed by atoms with Gasteiger partial charge in [0.15, 0.2) is 5.82 Å². The Hall–Kier alpha value is -3.25. The average molecular weight is 414 g/mol.